The van der Waals surface area contributed by atoms with Crippen molar-refractivity contribution in [3.63, 3.8) is 0 Å². The van der Waals surface area contributed by atoms with E-state index in [4.69, 9.17) is 24.3 Å². The third kappa shape index (κ3) is 25.2. The minimum atomic E-state index is -4.24. The Morgan fingerprint density at radius 1 is 0.722 bits per heavy atom. The Morgan fingerprint density at radius 2 is 1.22 bits per heavy atom. The first-order chi connectivity index (χ1) is 17.4. The van der Waals surface area contributed by atoms with E-state index in [0.717, 1.165) is 32.1 Å². The number of unbranched alkanes of at least 4 members (excludes halogenated alkanes) is 15. The fourth-order valence-electron chi connectivity index (χ4n) is 3.88. The molecule has 0 fully saturated rings. The quantitative estimate of drug-likeness (QED) is 0.0618. The molecule has 0 radical (unpaired) electrons. The lowest BCUT2D eigenvalue weighted by atomic mass is 10.1. The lowest BCUT2D eigenvalue weighted by molar-refractivity contribution is -0.154. The molecule has 0 aliphatic rings. The summed E-state index contributed by atoms with van der Waals surface area (Å²) in [5.41, 5.74) is 5.30. The summed E-state index contributed by atoms with van der Waals surface area (Å²) in [6.45, 7) is 4.86. The van der Waals surface area contributed by atoms with E-state index in [2.05, 4.69) is 13.8 Å². The lowest BCUT2D eigenvalue weighted by Crippen LogP contribution is -2.28. The van der Waals surface area contributed by atoms with Crippen molar-refractivity contribution >= 4 is 13.8 Å². The van der Waals surface area contributed by atoms with E-state index < -0.39 is 13.9 Å². The first-order valence-electron chi connectivity index (χ1n) is 14.5. The zero-order valence-electron chi connectivity index (χ0n) is 23.3. The van der Waals surface area contributed by atoms with Crippen LogP contribution in [-0.2, 0) is 27.9 Å². The van der Waals surface area contributed by atoms with Crippen molar-refractivity contribution in [3.8, 4) is 0 Å². The van der Waals surface area contributed by atoms with Gasteiger partial charge in [0.2, 0.25) is 0 Å². The average molecular weight is 538 g/mol. The third-order valence-corrected chi connectivity index (χ3v) is 7.01. The van der Waals surface area contributed by atoms with Gasteiger partial charge in [0.1, 0.15) is 6.10 Å². The van der Waals surface area contributed by atoms with Crippen LogP contribution in [0, 0.1) is 0 Å². The summed E-state index contributed by atoms with van der Waals surface area (Å²) >= 11 is 0. The zero-order chi connectivity index (χ0) is 26.7. The molecular weight excluding hydrogens is 481 g/mol. The average Bonchev–Trinajstić information content (AvgIpc) is 2.86. The second kappa shape index (κ2) is 26.1. The number of nitrogens with two attached hydrogens (primary N) is 1. The molecule has 36 heavy (non-hydrogen) atoms. The van der Waals surface area contributed by atoms with Crippen LogP contribution in [0.25, 0.3) is 0 Å². The van der Waals surface area contributed by atoms with Gasteiger partial charge in [-0.3, -0.25) is 13.8 Å². The van der Waals surface area contributed by atoms with Gasteiger partial charge in [-0.25, -0.2) is 4.57 Å². The van der Waals surface area contributed by atoms with Crippen LogP contribution < -0.4 is 5.73 Å². The number of rotatable bonds is 28. The SMILES string of the molecule is CCCCCCCCCCCCOCC(COP(=O)(O)OCCN)OC(=O)CCCCCCCCC. The Labute approximate surface area is 221 Å². The van der Waals surface area contributed by atoms with Gasteiger partial charge < -0.3 is 20.1 Å². The second-order valence-corrected chi connectivity index (χ2v) is 11.1. The van der Waals surface area contributed by atoms with Crippen LogP contribution >= 0.6 is 7.82 Å². The fourth-order valence-corrected chi connectivity index (χ4v) is 4.64. The standard InChI is InChI=1S/C27H56NO7P/c1-3-5-7-9-11-12-13-15-17-19-22-32-24-26(25-34-36(30,31)33-23-21-28)35-27(29)20-18-16-14-10-8-6-4-2/h26H,3-25,28H2,1-2H3,(H,30,31). The number of phosphoric ester groups is 1. The summed E-state index contributed by atoms with van der Waals surface area (Å²) in [5.74, 6) is -0.338. The predicted octanol–water partition coefficient (Wildman–Crippen LogP) is 7.07. The minimum absolute atomic E-state index is 0.0915. The van der Waals surface area contributed by atoms with Crippen LogP contribution in [0.15, 0.2) is 0 Å². The predicted molar refractivity (Wildman–Crippen MR) is 146 cm³/mol. The molecule has 0 aromatic heterocycles. The zero-order valence-corrected chi connectivity index (χ0v) is 24.2. The van der Waals surface area contributed by atoms with Crippen molar-refractivity contribution in [2.45, 2.75) is 136 Å². The Balaban J connectivity index is 4.18. The maximum Gasteiger partial charge on any atom is 0.472 e. The molecule has 0 amide bonds. The summed E-state index contributed by atoms with van der Waals surface area (Å²) in [4.78, 5) is 22.0. The maximum absolute atomic E-state index is 12.3. The number of hydrogen-bond acceptors (Lipinski definition) is 7. The van der Waals surface area contributed by atoms with Gasteiger partial charge in [-0.15, -0.1) is 0 Å². The van der Waals surface area contributed by atoms with E-state index >= 15 is 0 Å². The molecule has 8 nitrogen and oxygen atoms in total. The molecule has 0 saturated heterocycles. The number of phosphoric acid groups is 1. The minimum Gasteiger partial charge on any atom is -0.457 e. The molecule has 0 bridgehead atoms. The van der Waals surface area contributed by atoms with Crippen molar-refractivity contribution in [1.82, 2.24) is 0 Å². The van der Waals surface area contributed by atoms with Gasteiger partial charge in [0.25, 0.3) is 0 Å². The van der Waals surface area contributed by atoms with E-state index in [1.54, 1.807) is 0 Å². The second-order valence-electron chi connectivity index (χ2n) is 9.63. The molecule has 0 aromatic rings. The summed E-state index contributed by atoms with van der Waals surface area (Å²) in [6.07, 6.45) is 19.8. The molecule has 0 aromatic carbocycles. The summed E-state index contributed by atoms with van der Waals surface area (Å²) < 4.78 is 32.9. The van der Waals surface area contributed by atoms with Crippen LogP contribution in [0.5, 0.6) is 0 Å². The Morgan fingerprint density at radius 3 is 1.75 bits per heavy atom. The molecule has 0 saturated carbocycles. The molecule has 3 N–H and O–H groups in total. The molecule has 0 rings (SSSR count). The first kappa shape index (κ1) is 35.5. The van der Waals surface area contributed by atoms with Crippen molar-refractivity contribution in [1.29, 1.82) is 0 Å². The van der Waals surface area contributed by atoms with Crippen LogP contribution in [-0.4, -0.2) is 49.9 Å². The van der Waals surface area contributed by atoms with Crippen molar-refractivity contribution in [2.24, 2.45) is 5.73 Å². The summed E-state index contributed by atoms with van der Waals surface area (Å²) in [7, 11) is -4.24. The lowest BCUT2D eigenvalue weighted by Gasteiger charge is -2.20. The van der Waals surface area contributed by atoms with E-state index in [9.17, 15) is 14.3 Å². The smallest absolute Gasteiger partial charge is 0.457 e. The molecule has 0 heterocycles. The molecule has 0 aliphatic heterocycles. The van der Waals surface area contributed by atoms with Gasteiger partial charge in [0.15, 0.2) is 0 Å². The summed E-state index contributed by atoms with van der Waals surface area (Å²) in [5, 5.41) is 0. The van der Waals surface area contributed by atoms with Gasteiger partial charge in [0.05, 0.1) is 19.8 Å². The van der Waals surface area contributed by atoms with Crippen LogP contribution in [0.2, 0.25) is 0 Å². The van der Waals surface area contributed by atoms with Gasteiger partial charge in [-0.2, -0.15) is 0 Å². The van der Waals surface area contributed by atoms with Crippen LogP contribution in [0.3, 0.4) is 0 Å². The van der Waals surface area contributed by atoms with Gasteiger partial charge >= 0.3 is 13.8 Å². The number of carbonyl (C=O) groups is 1. The van der Waals surface area contributed by atoms with Gasteiger partial charge in [-0.1, -0.05) is 110 Å². The monoisotopic (exact) mass is 537 g/mol. The Kier molecular flexibility index (Phi) is 25.8. The molecular formula is C27H56NO7P. The highest BCUT2D eigenvalue weighted by Crippen LogP contribution is 2.43. The molecule has 2 atom stereocenters. The molecule has 0 aliphatic carbocycles. The van der Waals surface area contributed by atoms with Gasteiger partial charge in [-0.05, 0) is 12.8 Å². The van der Waals surface area contributed by atoms with Crippen LogP contribution in [0.1, 0.15) is 129 Å². The van der Waals surface area contributed by atoms with Crippen molar-refractivity contribution in [3.05, 3.63) is 0 Å². The van der Waals surface area contributed by atoms with E-state index in [1.165, 1.54) is 77.0 Å². The van der Waals surface area contributed by atoms with Crippen molar-refractivity contribution in [2.75, 3.05) is 33.0 Å². The Hall–Kier alpha value is -0.500. The normalized spacial score (nSPS) is 14.0. The first-order valence-corrected chi connectivity index (χ1v) is 16.0. The highest BCUT2D eigenvalue weighted by molar-refractivity contribution is 7.47. The fraction of sp³-hybridized carbons (Fsp3) is 0.963. The number of carbonyl (C=O) groups excluding carboxylic acids is 1. The molecule has 2 unspecified atom stereocenters. The maximum atomic E-state index is 12.3. The largest absolute Gasteiger partial charge is 0.472 e. The number of ether oxygens (including phenoxy) is 2. The topological polar surface area (TPSA) is 117 Å². The van der Waals surface area contributed by atoms with Gasteiger partial charge in [0, 0.05) is 19.6 Å². The molecule has 216 valence electrons. The highest BCUT2D eigenvalue weighted by Gasteiger charge is 2.25. The Bertz CT molecular complexity index is 536. The van der Waals surface area contributed by atoms with Crippen LogP contribution in [0.4, 0.5) is 0 Å². The van der Waals surface area contributed by atoms with E-state index in [0.29, 0.717) is 13.0 Å². The summed E-state index contributed by atoms with van der Waals surface area (Å²) in [6, 6.07) is 0. The van der Waals surface area contributed by atoms with Crippen molar-refractivity contribution < 1.29 is 32.8 Å². The van der Waals surface area contributed by atoms with E-state index in [-0.39, 0.29) is 32.3 Å². The number of hydrogen-bond donors (Lipinski definition) is 2. The van der Waals surface area contributed by atoms with E-state index in [1.807, 2.05) is 0 Å². The third-order valence-electron chi connectivity index (χ3n) is 6.02. The highest BCUT2D eigenvalue weighted by atomic mass is 31.2. The molecule has 9 heteroatoms. The number of esters is 1. The molecule has 0 spiro atoms.